The zero-order valence-electron chi connectivity index (χ0n) is 21.3. The van der Waals surface area contributed by atoms with Crippen LogP contribution in [0.4, 0.5) is 0 Å². The topological polar surface area (TPSA) is 95.3 Å². The van der Waals surface area contributed by atoms with Crippen molar-refractivity contribution in [3.05, 3.63) is 94.1 Å². The van der Waals surface area contributed by atoms with Gasteiger partial charge in [0.25, 0.3) is 0 Å². The lowest BCUT2D eigenvalue weighted by molar-refractivity contribution is -0.138. The number of ether oxygens (including phenoxy) is 2. The molecule has 2 aromatic carbocycles. The van der Waals surface area contributed by atoms with Gasteiger partial charge in [-0.15, -0.1) is 5.10 Å². The van der Waals surface area contributed by atoms with E-state index < -0.39 is 11.9 Å². The van der Waals surface area contributed by atoms with Crippen molar-refractivity contribution in [2.75, 3.05) is 6.61 Å². The molecule has 2 aliphatic rings. The van der Waals surface area contributed by atoms with Gasteiger partial charge in [-0.05, 0) is 63.4 Å². The summed E-state index contributed by atoms with van der Waals surface area (Å²) in [6, 6.07) is 15.6. The lowest BCUT2D eigenvalue weighted by Crippen LogP contribution is -2.34. The van der Waals surface area contributed by atoms with Gasteiger partial charge in [-0.1, -0.05) is 35.0 Å². The molecule has 0 radical (unpaired) electrons. The first kappa shape index (κ1) is 24.5. The van der Waals surface area contributed by atoms with Crippen LogP contribution in [0.25, 0.3) is 5.69 Å². The van der Waals surface area contributed by atoms with Gasteiger partial charge in [0.15, 0.2) is 5.78 Å². The normalized spacial score (nSPS) is 17.4. The first-order valence-electron chi connectivity index (χ1n) is 12.6. The fourth-order valence-electron chi connectivity index (χ4n) is 4.90. The van der Waals surface area contributed by atoms with Crippen molar-refractivity contribution in [1.29, 1.82) is 0 Å². The summed E-state index contributed by atoms with van der Waals surface area (Å²) in [6.07, 6.45) is 3.92. The average molecular weight is 499 g/mol. The van der Waals surface area contributed by atoms with E-state index in [1.807, 2.05) is 68.6 Å². The molecule has 0 spiro atoms. The Kier molecular flexibility index (Phi) is 6.90. The van der Waals surface area contributed by atoms with Gasteiger partial charge in [-0.3, -0.25) is 4.79 Å². The van der Waals surface area contributed by atoms with Crippen LogP contribution in [0.1, 0.15) is 55.8 Å². The first-order chi connectivity index (χ1) is 17.9. The number of aromatic nitrogens is 3. The summed E-state index contributed by atoms with van der Waals surface area (Å²) >= 11 is 0. The van der Waals surface area contributed by atoms with Crippen LogP contribution in [0, 0.1) is 6.92 Å². The highest BCUT2D eigenvalue weighted by Crippen LogP contribution is 2.42. The zero-order chi connectivity index (χ0) is 25.9. The number of nitrogens with one attached hydrogen (secondary N) is 1. The third-order valence-corrected chi connectivity index (χ3v) is 6.71. The van der Waals surface area contributed by atoms with E-state index in [1.54, 1.807) is 11.6 Å². The minimum absolute atomic E-state index is 0.0741. The SMILES string of the molecule is CCOC(=O)C1=C(C)NC2=C(C(=O)CCC2)C1c1ccc(OCc2cn(-c3ccc(C)cc3)nn2)cc1. The molecule has 1 N–H and O–H groups in total. The van der Waals surface area contributed by atoms with E-state index in [9.17, 15) is 9.59 Å². The molecule has 190 valence electrons. The Bertz CT molecular complexity index is 1380. The lowest BCUT2D eigenvalue weighted by atomic mass is 9.75. The molecule has 0 saturated heterocycles. The minimum atomic E-state index is -0.466. The van der Waals surface area contributed by atoms with Gasteiger partial charge < -0.3 is 14.8 Å². The van der Waals surface area contributed by atoms with Gasteiger partial charge in [0.1, 0.15) is 18.1 Å². The van der Waals surface area contributed by atoms with Crippen LogP contribution in [0.15, 0.2) is 77.3 Å². The number of ketones is 1. The maximum absolute atomic E-state index is 13.0. The van der Waals surface area contributed by atoms with Crippen molar-refractivity contribution in [2.24, 2.45) is 0 Å². The van der Waals surface area contributed by atoms with E-state index in [-0.39, 0.29) is 19.0 Å². The molecule has 3 aromatic rings. The molecule has 5 rings (SSSR count). The number of Topliss-reactive ketones (excluding diaryl/α,β-unsaturated/α-hetero) is 1. The van der Waals surface area contributed by atoms with Crippen LogP contribution in [-0.4, -0.2) is 33.4 Å². The maximum Gasteiger partial charge on any atom is 0.336 e. The predicted octanol–water partition coefficient (Wildman–Crippen LogP) is 4.69. The van der Waals surface area contributed by atoms with Gasteiger partial charge in [0.2, 0.25) is 0 Å². The number of carbonyl (C=O) groups excluding carboxylic acids is 2. The van der Waals surface area contributed by atoms with E-state index in [2.05, 4.69) is 15.6 Å². The first-order valence-corrected chi connectivity index (χ1v) is 12.6. The minimum Gasteiger partial charge on any atom is -0.487 e. The Morgan fingerprint density at radius 2 is 1.84 bits per heavy atom. The molecule has 1 aliphatic carbocycles. The standard InChI is InChI=1S/C29H30N4O4/c1-4-36-29(35)26-19(3)30-24-6-5-7-25(34)28(24)27(26)20-10-14-23(15-11-20)37-17-21-16-33(32-31-21)22-12-8-18(2)9-13-22/h8-16,27,30H,4-7,17H2,1-3H3. The van der Waals surface area contributed by atoms with Crippen molar-refractivity contribution >= 4 is 11.8 Å². The monoisotopic (exact) mass is 498 g/mol. The van der Waals surface area contributed by atoms with Crippen LogP contribution in [0.5, 0.6) is 5.75 Å². The van der Waals surface area contributed by atoms with Crippen LogP contribution < -0.4 is 10.1 Å². The smallest absolute Gasteiger partial charge is 0.336 e. The quantitative estimate of drug-likeness (QED) is 0.472. The van der Waals surface area contributed by atoms with E-state index in [0.717, 1.165) is 35.5 Å². The van der Waals surface area contributed by atoms with Crippen LogP contribution in [0.2, 0.25) is 0 Å². The number of carbonyl (C=O) groups is 2. The molecular formula is C29H30N4O4. The second-order valence-corrected chi connectivity index (χ2v) is 9.33. The van der Waals surface area contributed by atoms with Gasteiger partial charge in [-0.2, -0.15) is 0 Å². The lowest BCUT2D eigenvalue weighted by Gasteiger charge is -2.34. The number of benzene rings is 2. The Morgan fingerprint density at radius 1 is 1.08 bits per heavy atom. The largest absolute Gasteiger partial charge is 0.487 e. The summed E-state index contributed by atoms with van der Waals surface area (Å²) in [6.45, 7) is 6.21. The highest BCUT2D eigenvalue weighted by molar-refractivity contribution is 6.03. The van der Waals surface area contributed by atoms with Crippen molar-refractivity contribution in [3.63, 3.8) is 0 Å². The summed E-state index contributed by atoms with van der Waals surface area (Å²) in [5.74, 6) is -0.138. The fraction of sp³-hybridized carbons (Fsp3) is 0.310. The van der Waals surface area contributed by atoms with E-state index in [1.165, 1.54) is 5.56 Å². The molecule has 1 unspecified atom stereocenters. The molecule has 0 bridgehead atoms. The Hall–Kier alpha value is -4.20. The summed E-state index contributed by atoms with van der Waals surface area (Å²) < 4.78 is 13.0. The van der Waals surface area contributed by atoms with Crippen molar-refractivity contribution in [1.82, 2.24) is 20.3 Å². The van der Waals surface area contributed by atoms with Crippen molar-refractivity contribution in [3.8, 4) is 11.4 Å². The maximum atomic E-state index is 13.0. The summed E-state index contributed by atoms with van der Waals surface area (Å²) in [4.78, 5) is 25.9. The predicted molar refractivity (Wildman–Crippen MR) is 138 cm³/mol. The van der Waals surface area contributed by atoms with Crippen LogP contribution in [0.3, 0.4) is 0 Å². The molecule has 0 amide bonds. The number of hydrogen-bond donors (Lipinski definition) is 1. The molecular weight excluding hydrogens is 468 g/mol. The van der Waals surface area contributed by atoms with E-state index in [4.69, 9.17) is 9.47 Å². The Morgan fingerprint density at radius 3 is 2.57 bits per heavy atom. The van der Waals surface area contributed by atoms with Crippen LogP contribution >= 0.6 is 0 Å². The molecule has 1 atom stereocenters. The Labute approximate surface area is 216 Å². The third kappa shape index (κ3) is 5.05. The number of rotatable bonds is 7. The number of hydrogen-bond acceptors (Lipinski definition) is 7. The fourth-order valence-corrected chi connectivity index (χ4v) is 4.90. The molecule has 1 aromatic heterocycles. The third-order valence-electron chi connectivity index (χ3n) is 6.71. The van der Waals surface area contributed by atoms with Gasteiger partial charge in [0.05, 0.1) is 24.1 Å². The second kappa shape index (κ2) is 10.4. The highest BCUT2D eigenvalue weighted by atomic mass is 16.5. The van der Waals surface area contributed by atoms with Gasteiger partial charge in [0, 0.05) is 29.3 Å². The number of dihydropyridines is 1. The summed E-state index contributed by atoms with van der Waals surface area (Å²) in [5.41, 5.74) is 6.46. The molecule has 8 heteroatoms. The number of allylic oxidation sites excluding steroid dienone is 3. The Balaban J connectivity index is 1.35. The van der Waals surface area contributed by atoms with Crippen molar-refractivity contribution < 1.29 is 19.1 Å². The number of aryl methyl sites for hydroxylation is 1. The molecule has 0 saturated carbocycles. The average Bonchev–Trinajstić information content (AvgIpc) is 3.37. The zero-order valence-corrected chi connectivity index (χ0v) is 21.3. The molecule has 8 nitrogen and oxygen atoms in total. The summed E-state index contributed by atoms with van der Waals surface area (Å²) in [7, 11) is 0. The van der Waals surface area contributed by atoms with Gasteiger partial charge >= 0.3 is 5.97 Å². The molecule has 1 aliphatic heterocycles. The number of esters is 1. The van der Waals surface area contributed by atoms with Gasteiger partial charge in [-0.25, -0.2) is 9.48 Å². The van der Waals surface area contributed by atoms with E-state index in [0.29, 0.717) is 29.0 Å². The van der Waals surface area contributed by atoms with Crippen molar-refractivity contribution in [2.45, 2.75) is 52.6 Å². The second-order valence-electron chi connectivity index (χ2n) is 9.33. The van der Waals surface area contributed by atoms with Crippen LogP contribution in [-0.2, 0) is 20.9 Å². The molecule has 0 fully saturated rings. The summed E-state index contributed by atoms with van der Waals surface area (Å²) in [5, 5.41) is 11.7. The number of nitrogens with zero attached hydrogens (tertiary/aromatic N) is 3. The highest BCUT2D eigenvalue weighted by Gasteiger charge is 2.39. The van der Waals surface area contributed by atoms with E-state index >= 15 is 0 Å². The molecule has 37 heavy (non-hydrogen) atoms. The molecule has 2 heterocycles.